The number of benzene rings is 2. The van der Waals surface area contributed by atoms with Crippen molar-refractivity contribution in [2.24, 2.45) is 0 Å². The molecule has 1 aliphatic rings. The van der Waals surface area contributed by atoms with Gasteiger partial charge in [0, 0.05) is 5.56 Å². The monoisotopic (exact) mass is 327 g/mol. The van der Waals surface area contributed by atoms with Gasteiger partial charge in [0.05, 0.1) is 6.04 Å². The lowest BCUT2D eigenvalue weighted by molar-refractivity contribution is 0.0925. The largest absolute Gasteiger partial charge is 0.491 e. The van der Waals surface area contributed by atoms with Crippen molar-refractivity contribution in [2.45, 2.75) is 19.9 Å². The molecular weight excluding hydrogens is 306 g/mol. The highest BCUT2D eigenvalue weighted by Crippen LogP contribution is 2.30. The van der Waals surface area contributed by atoms with E-state index in [9.17, 15) is 4.79 Å². The summed E-state index contributed by atoms with van der Waals surface area (Å²) < 4.78 is 16.7. The summed E-state index contributed by atoms with van der Waals surface area (Å²) in [5.41, 5.74) is 1.73. The third-order valence-electron chi connectivity index (χ3n) is 3.70. The highest BCUT2D eigenvalue weighted by molar-refractivity contribution is 5.95. The fourth-order valence-corrected chi connectivity index (χ4v) is 2.39. The molecule has 0 saturated heterocycles. The Kier molecular flexibility index (Phi) is 4.89. The van der Waals surface area contributed by atoms with Crippen molar-refractivity contribution in [2.75, 3.05) is 19.8 Å². The van der Waals surface area contributed by atoms with Crippen molar-refractivity contribution < 1.29 is 19.0 Å². The van der Waals surface area contributed by atoms with Gasteiger partial charge in [0.1, 0.15) is 25.6 Å². The number of aryl methyl sites for hydroxylation is 1. The topological polar surface area (TPSA) is 56.8 Å². The van der Waals surface area contributed by atoms with Crippen molar-refractivity contribution in [1.82, 2.24) is 5.32 Å². The van der Waals surface area contributed by atoms with E-state index in [-0.39, 0.29) is 11.9 Å². The van der Waals surface area contributed by atoms with Gasteiger partial charge in [0.15, 0.2) is 11.5 Å². The molecule has 2 aromatic carbocycles. The molecule has 24 heavy (non-hydrogen) atoms. The molecule has 1 N–H and O–H groups in total. The maximum atomic E-state index is 12.3. The molecule has 2 aromatic rings. The first-order valence-corrected chi connectivity index (χ1v) is 8.02. The molecule has 0 fully saturated rings. The van der Waals surface area contributed by atoms with E-state index in [0.717, 1.165) is 5.75 Å². The van der Waals surface area contributed by atoms with Gasteiger partial charge in [-0.3, -0.25) is 4.79 Å². The molecule has 0 spiro atoms. The maximum absolute atomic E-state index is 12.3. The Morgan fingerprint density at radius 1 is 1.12 bits per heavy atom. The molecule has 1 heterocycles. The zero-order valence-electron chi connectivity index (χ0n) is 13.9. The van der Waals surface area contributed by atoms with Crippen LogP contribution in [0.15, 0.2) is 42.5 Å². The molecule has 5 nitrogen and oxygen atoms in total. The number of carbonyl (C=O) groups is 1. The minimum atomic E-state index is -0.160. The van der Waals surface area contributed by atoms with E-state index < -0.39 is 0 Å². The molecule has 0 bridgehead atoms. The molecule has 0 aliphatic carbocycles. The van der Waals surface area contributed by atoms with Crippen LogP contribution in [0, 0.1) is 6.92 Å². The van der Waals surface area contributed by atoms with Crippen LogP contribution >= 0.6 is 0 Å². The van der Waals surface area contributed by atoms with Crippen LogP contribution < -0.4 is 19.5 Å². The Hall–Kier alpha value is -2.69. The first-order valence-electron chi connectivity index (χ1n) is 8.02. The first kappa shape index (κ1) is 16.2. The first-order chi connectivity index (χ1) is 11.6. The van der Waals surface area contributed by atoms with Crippen LogP contribution in [0.5, 0.6) is 17.2 Å². The third kappa shape index (κ3) is 3.98. The van der Waals surface area contributed by atoms with E-state index in [2.05, 4.69) is 5.32 Å². The van der Waals surface area contributed by atoms with E-state index in [1.807, 2.05) is 38.1 Å². The summed E-state index contributed by atoms with van der Waals surface area (Å²) in [7, 11) is 0. The normalized spacial score (nSPS) is 13.9. The molecule has 0 aromatic heterocycles. The highest BCUT2D eigenvalue weighted by Gasteiger charge is 2.16. The van der Waals surface area contributed by atoms with Crippen molar-refractivity contribution in [1.29, 1.82) is 0 Å². The molecule has 1 aliphatic heterocycles. The van der Waals surface area contributed by atoms with Gasteiger partial charge in [-0.05, 0) is 44.2 Å². The lowest BCUT2D eigenvalue weighted by Crippen LogP contribution is -2.36. The standard InChI is InChI=1S/C19H21NO4/c1-13-3-6-16(7-4-13)24-12-14(2)20-19(21)15-5-8-17-18(11-15)23-10-9-22-17/h3-8,11,14H,9-10,12H2,1-2H3,(H,20,21). The number of hydrogen-bond acceptors (Lipinski definition) is 4. The Morgan fingerprint density at radius 3 is 2.58 bits per heavy atom. The Labute approximate surface area is 141 Å². The molecule has 1 atom stereocenters. The lowest BCUT2D eigenvalue weighted by Gasteiger charge is -2.19. The van der Waals surface area contributed by atoms with Crippen LogP contribution in [0.2, 0.25) is 0 Å². The number of nitrogens with one attached hydrogen (secondary N) is 1. The van der Waals surface area contributed by atoms with Gasteiger partial charge < -0.3 is 19.5 Å². The number of ether oxygens (including phenoxy) is 3. The maximum Gasteiger partial charge on any atom is 0.251 e. The Morgan fingerprint density at radius 2 is 1.83 bits per heavy atom. The van der Waals surface area contributed by atoms with Crippen LogP contribution in [0.3, 0.4) is 0 Å². The van der Waals surface area contributed by atoms with Gasteiger partial charge in [-0.25, -0.2) is 0 Å². The van der Waals surface area contributed by atoms with Gasteiger partial charge >= 0.3 is 0 Å². The van der Waals surface area contributed by atoms with Gasteiger partial charge in [-0.2, -0.15) is 0 Å². The summed E-state index contributed by atoms with van der Waals surface area (Å²) in [6.45, 7) is 5.37. The average molecular weight is 327 g/mol. The number of fused-ring (bicyclic) bond motifs is 1. The van der Waals surface area contributed by atoms with Crippen LogP contribution in [-0.4, -0.2) is 31.8 Å². The van der Waals surface area contributed by atoms with E-state index in [0.29, 0.717) is 36.9 Å². The van der Waals surface area contributed by atoms with E-state index in [4.69, 9.17) is 14.2 Å². The fraction of sp³-hybridized carbons (Fsp3) is 0.316. The summed E-state index contributed by atoms with van der Waals surface area (Å²) in [6, 6.07) is 12.9. The van der Waals surface area contributed by atoms with E-state index in [1.54, 1.807) is 18.2 Å². The number of amides is 1. The van der Waals surface area contributed by atoms with Crippen LogP contribution in [-0.2, 0) is 0 Å². The smallest absolute Gasteiger partial charge is 0.251 e. The summed E-state index contributed by atoms with van der Waals surface area (Å²) in [6.07, 6.45) is 0. The third-order valence-corrected chi connectivity index (χ3v) is 3.70. The minimum absolute atomic E-state index is 0.119. The van der Waals surface area contributed by atoms with Gasteiger partial charge in [-0.1, -0.05) is 17.7 Å². The van der Waals surface area contributed by atoms with Crippen molar-refractivity contribution >= 4 is 5.91 Å². The summed E-state index contributed by atoms with van der Waals surface area (Å²) >= 11 is 0. The van der Waals surface area contributed by atoms with Crippen molar-refractivity contribution in [3.05, 3.63) is 53.6 Å². The quantitative estimate of drug-likeness (QED) is 0.917. The van der Waals surface area contributed by atoms with E-state index >= 15 is 0 Å². The van der Waals surface area contributed by atoms with Crippen molar-refractivity contribution in [3.63, 3.8) is 0 Å². The Balaban J connectivity index is 1.55. The van der Waals surface area contributed by atoms with E-state index in [1.165, 1.54) is 5.56 Å². The van der Waals surface area contributed by atoms with Crippen LogP contribution in [0.1, 0.15) is 22.8 Å². The predicted molar refractivity (Wildman–Crippen MR) is 91.0 cm³/mol. The Bertz CT molecular complexity index is 712. The molecule has 126 valence electrons. The highest BCUT2D eigenvalue weighted by atomic mass is 16.6. The van der Waals surface area contributed by atoms with Gasteiger partial charge in [0.2, 0.25) is 0 Å². The second-order valence-corrected chi connectivity index (χ2v) is 5.86. The number of rotatable bonds is 5. The fourth-order valence-electron chi connectivity index (χ4n) is 2.39. The van der Waals surface area contributed by atoms with Crippen LogP contribution in [0.25, 0.3) is 0 Å². The average Bonchev–Trinajstić information content (AvgIpc) is 2.61. The summed E-state index contributed by atoms with van der Waals surface area (Å²) in [5.74, 6) is 1.92. The molecule has 5 heteroatoms. The number of hydrogen-bond donors (Lipinski definition) is 1. The van der Waals surface area contributed by atoms with Gasteiger partial charge in [-0.15, -0.1) is 0 Å². The number of carbonyl (C=O) groups excluding carboxylic acids is 1. The molecule has 3 rings (SSSR count). The molecule has 0 saturated carbocycles. The zero-order chi connectivity index (χ0) is 16.9. The van der Waals surface area contributed by atoms with Crippen LogP contribution in [0.4, 0.5) is 0 Å². The minimum Gasteiger partial charge on any atom is -0.491 e. The molecule has 1 amide bonds. The predicted octanol–water partition coefficient (Wildman–Crippen LogP) is 2.96. The molecular formula is C19H21NO4. The molecule has 0 radical (unpaired) electrons. The second-order valence-electron chi connectivity index (χ2n) is 5.86. The molecule has 1 unspecified atom stereocenters. The summed E-state index contributed by atoms with van der Waals surface area (Å²) in [4.78, 5) is 12.3. The zero-order valence-corrected chi connectivity index (χ0v) is 13.9. The van der Waals surface area contributed by atoms with Crippen molar-refractivity contribution in [3.8, 4) is 17.2 Å². The SMILES string of the molecule is Cc1ccc(OCC(C)NC(=O)c2ccc3c(c2)OCCO3)cc1. The second kappa shape index (κ2) is 7.25. The lowest BCUT2D eigenvalue weighted by atomic mass is 10.1. The summed E-state index contributed by atoms with van der Waals surface area (Å²) in [5, 5.41) is 2.92. The van der Waals surface area contributed by atoms with Gasteiger partial charge in [0.25, 0.3) is 5.91 Å².